The van der Waals surface area contributed by atoms with Crippen LogP contribution < -0.4 is 4.72 Å². The van der Waals surface area contributed by atoms with Gasteiger partial charge in [-0.3, -0.25) is 10.1 Å². The molecule has 1 heterocycles. The summed E-state index contributed by atoms with van der Waals surface area (Å²) < 4.78 is 38.7. The van der Waals surface area contributed by atoms with E-state index in [0.717, 1.165) is 18.5 Å². The molecule has 11 heteroatoms. The summed E-state index contributed by atoms with van der Waals surface area (Å²) in [6.07, 6.45) is 1.05. The first kappa shape index (κ1) is 12.9. The molecule has 0 radical (unpaired) electrons. The molecule has 1 aromatic carbocycles. The lowest BCUT2D eigenvalue weighted by atomic mass is 10.3. The Hall–Kier alpha value is -2.56. The van der Waals surface area contributed by atoms with Gasteiger partial charge in [0.15, 0.2) is 4.90 Å². The molecule has 0 spiro atoms. The van der Waals surface area contributed by atoms with Gasteiger partial charge in [0.05, 0.1) is 11.0 Å². The molecule has 0 aliphatic heterocycles. The zero-order valence-corrected chi connectivity index (χ0v) is 9.89. The number of benzene rings is 1. The molecule has 0 saturated heterocycles. The number of aromatic amines is 1. The van der Waals surface area contributed by atoms with Crippen LogP contribution >= 0.6 is 0 Å². The van der Waals surface area contributed by atoms with Gasteiger partial charge in [0, 0.05) is 0 Å². The van der Waals surface area contributed by atoms with Crippen molar-refractivity contribution in [3.05, 3.63) is 40.5 Å². The molecule has 100 valence electrons. The van der Waals surface area contributed by atoms with Crippen molar-refractivity contribution < 1.29 is 17.7 Å². The lowest BCUT2D eigenvalue weighted by molar-refractivity contribution is -0.388. The van der Waals surface area contributed by atoms with E-state index in [1.807, 2.05) is 4.72 Å². The molecule has 0 fully saturated rings. The van der Waals surface area contributed by atoms with E-state index in [1.165, 1.54) is 0 Å². The summed E-state index contributed by atoms with van der Waals surface area (Å²) in [4.78, 5) is 12.6. The molecule has 0 unspecified atom stereocenters. The number of nitrogens with zero attached hydrogens (tertiary/aromatic N) is 3. The smallest absolute Gasteiger partial charge is 0.258 e. The predicted molar refractivity (Wildman–Crippen MR) is 60.2 cm³/mol. The number of H-pyrrole nitrogens is 1. The van der Waals surface area contributed by atoms with Crippen LogP contribution in [0.3, 0.4) is 0 Å². The molecule has 9 nitrogen and oxygen atoms in total. The second kappa shape index (κ2) is 4.61. The van der Waals surface area contributed by atoms with Crippen LogP contribution in [0.4, 0.5) is 16.0 Å². The zero-order chi connectivity index (χ0) is 14.0. The number of nitro groups is 1. The van der Waals surface area contributed by atoms with Gasteiger partial charge in [0.2, 0.25) is 5.95 Å². The van der Waals surface area contributed by atoms with E-state index < -0.39 is 31.3 Å². The Kier molecular flexibility index (Phi) is 3.12. The molecule has 0 atom stereocenters. The van der Waals surface area contributed by atoms with Crippen molar-refractivity contribution in [2.45, 2.75) is 4.90 Å². The summed E-state index contributed by atoms with van der Waals surface area (Å²) in [7, 11) is -4.27. The van der Waals surface area contributed by atoms with E-state index in [0.29, 0.717) is 6.07 Å². The van der Waals surface area contributed by atoms with E-state index in [2.05, 4.69) is 15.2 Å². The van der Waals surface area contributed by atoms with Gasteiger partial charge in [-0.15, -0.1) is 0 Å². The molecule has 2 rings (SSSR count). The van der Waals surface area contributed by atoms with Crippen molar-refractivity contribution in [3.8, 4) is 0 Å². The standard InChI is InChI=1S/C8H6FN5O4S/c9-5-1-2-7(6(3-5)14(15)16)19(17,18)13-8-10-4-11-12-8/h1-4H,(H2,10,11,12,13). The molecule has 1 aromatic heterocycles. The highest BCUT2D eigenvalue weighted by atomic mass is 32.2. The Morgan fingerprint density at radius 2 is 2.16 bits per heavy atom. The van der Waals surface area contributed by atoms with Gasteiger partial charge in [-0.2, -0.15) is 10.1 Å². The fourth-order valence-corrected chi connectivity index (χ4v) is 2.42. The highest BCUT2D eigenvalue weighted by Gasteiger charge is 2.27. The van der Waals surface area contributed by atoms with Gasteiger partial charge in [-0.05, 0) is 12.1 Å². The number of sulfonamides is 1. The summed E-state index contributed by atoms with van der Waals surface area (Å²) >= 11 is 0. The zero-order valence-electron chi connectivity index (χ0n) is 9.07. The highest BCUT2D eigenvalue weighted by molar-refractivity contribution is 7.92. The summed E-state index contributed by atoms with van der Waals surface area (Å²) in [6.45, 7) is 0. The summed E-state index contributed by atoms with van der Waals surface area (Å²) in [5.74, 6) is -1.12. The SMILES string of the molecule is O=[N+]([O-])c1cc(F)ccc1S(=O)(=O)Nc1ncn[nH]1. The lowest BCUT2D eigenvalue weighted by Crippen LogP contribution is -2.15. The van der Waals surface area contributed by atoms with E-state index in [1.54, 1.807) is 0 Å². The van der Waals surface area contributed by atoms with E-state index >= 15 is 0 Å². The fourth-order valence-electron chi connectivity index (χ4n) is 1.30. The topological polar surface area (TPSA) is 131 Å². The quantitative estimate of drug-likeness (QED) is 0.627. The minimum absolute atomic E-state index is 0.210. The number of hydrogen-bond acceptors (Lipinski definition) is 6. The van der Waals surface area contributed by atoms with Crippen molar-refractivity contribution in [3.63, 3.8) is 0 Å². The maximum Gasteiger partial charge on any atom is 0.292 e. The van der Waals surface area contributed by atoms with Gasteiger partial charge in [0.25, 0.3) is 15.7 Å². The third kappa shape index (κ3) is 2.65. The second-order valence-corrected chi connectivity index (χ2v) is 4.96. The fraction of sp³-hybridized carbons (Fsp3) is 0. The van der Waals surface area contributed by atoms with Crippen LogP contribution in [-0.4, -0.2) is 28.5 Å². The number of nitro benzene ring substituents is 1. The van der Waals surface area contributed by atoms with Crippen molar-refractivity contribution in [1.29, 1.82) is 0 Å². The molecule has 0 bridgehead atoms. The number of nitrogens with one attached hydrogen (secondary N) is 2. The van der Waals surface area contributed by atoms with Crippen LogP contribution in [0.5, 0.6) is 0 Å². The van der Waals surface area contributed by atoms with E-state index in [-0.39, 0.29) is 5.95 Å². The molecular weight excluding hydrogens is 281 g/mol. The van der Waals surface area contributed by atoms with Crippen molar-refractivity contribution in [2.75, 3.05) is 4.72 Å². The Bertz CT molecular complexity index is 715. The maximum atomic E-state index is 12.9. The number of aromatic nitrogens is 3. The predicted octanol–water partition coefficient (Wildman–Crippen LogP) is 0.653. The average Bonchev–Trinajstić information content (AvgIpc) is 2.80. The first-order valence-electron chi connectivity index (χ1n) is 4.72. The summed E-state index contributed by atoms with van der Waals surface area (Å²) in [5.41, 5.74) is -0.869. The van der Waals surface area contributed by atoms with Crippen LogP contribution in [0, 0.1) is 15.9 Å². The van der Waals surface area contributed by atoms with Crippen LogP contribution in [-0.2, 0) is 10.0 Å². The van der Waals surface area contributed by atoms with Gasteiger partial charge in [-0.1, -0.05) is 0 Å². The molecule has 0 saturated carbocycles. The highest BCUT2D eigenvalue weighted by Crippen LogP contribution is 2.25. The lowest BCUT2D eigenvalue weighted by Gasteiger charge is -2.05. The van der Waals surface area contributed by atoms with Gasteiger partial charge in [-0.25, -0.2) is 22.6 Å². The van der Waals surface area contributed by atoms with Crippen LogP contribution in [0.1, 0.15) is 0 Å². The minimum Gasteiger partial charge on any atom is -0.258 e. The Labute approximate surface area is 105 Å². The normalized spacial score (nSPS) is 11.2. The summed E-state index contributed by atoms with van der Waals surface area (Å²) in [6, 6.07) is 2.13. The molecule has 0 aliphatic carbocycles. The first-order valence-corrected chi connectivity index (χ1v) is 6.20. The average molecular weight is 287 g/mol. The van der Waals surface area contributed by atoms with Crippen molar-refractivity contribution >= 4 is 21.7 Å². The Morgan fingerprint density at radius 3 is 2.74 bits per heavy atom. The number of hydrogen-bond donors (Lipinski definition) is 2. The third-order valence-electron chi connectivity index (χ3n) is 2.05. The molecule has 0 aliphatic rings. The van der Waals surface area contributed by atoms with Crippen LogP contribution in [0.25, 0.3) is 0 Å². The molecule has 0 amide bonds. The largest absolute Gasteiger partial charge is 0.292 e. The Balaban J connectivity index is 2.49. The monoisotopic (exact) mass is 287 g/mol. The second-order valence-electron chi connectivity index (χ2n) is 3.31. The third-order valence-corrected chi connectivity index (χ3v) is 3.44. The Morgan fingerprint density at radius 1 is 1.42 bits per heavy atom. The molecule has 2 N–H and O–H groups in total. The summed E-state index contributed by atoms with van der Waals surface area (Å²) in [5, 5.41) is 16.4. The van der Waals surface area contributed by atoms with E-state index in [4.69, 9.17) is 0 Å². The van der Waals surface area contributed by atoms with E-state index in [9.17, 15) is 22.9 Å². The van der Waals surface area contributed by atoms with Gasteiger partial charge < -0.3 is 0 Å². The molecular formula is C8H6FN5O4S. The molecule has 2 aromatic rings. The van der Waals surface area contributed by atoms with Gasteiger partial charge in [0.1, 0.15) is 12.1 Å². The molecule has 19 heavy (non-hydrogen) atoms. The number of halogens is 1. The van der Waals surface area contributed by atoms with Crippen LogP contribution in [0.15, 0.2) is 29.4 Å². The minimum atomic E-state index is -4.27. The number of rotatable bonds is 4. The van der Waals surface area contributed by atoms with Crippen molar-refractivity contribution in [2.24, 2.45) is 0 Å². The first-order chi connectivity index (χ1) is 8.90. The number of anilines is 1. The maximum absolute atomic E-state index is 12.9. The van der Waals surface area contributed by atoms with Gasteiger partial charge >= 0.3 is 0 Å². The van der Waals surface area contributed by atoms with Crippen molar-refractivity contribution in [1.82, 2.24) is 15.2 Å². The van der Waals surface area contributed by atoms with Crippen LogP contribution in [0.2, 0.25) is 0 Å².